The van der Waals surface area contributed by atoms with Crippen molar-refractivity contribution in [2.45, 2.75) is 6.54 Å². The van der Waals surface area contributed by atoms with Crippen LogP contribution in [0.4, 0.5) is 15.8 Å². The minimum atomic E-state index is -0.430. The molecule has 2 aromatic carbocycles. The van der Waals surface area contributed by atoms with Crippen LogP contribution in [-0.2, 0) is 6.54 Å². The molecule has 20 heavy (non-hydrogen) atoms. The topological polar surface area (TPSA) is 71.1 Å². The van der Waals surface area contributed by atoms with Gasteiger partial charge in [0, 0.05) is 6.54 Å². The zero-order valence-corrected chi connectivity index (χ0v) is 11.0. The molecule has 0 aliphatic heterocycles. The fourth-order valence-electron chi connectivity index (χ4n) is 1.85. The predicted octanol–water partition coefficient (Wildman–Crippen LogP) is 2.90. The summed E-state index contributed by atoms with van der Waals surface area (Å²) in [5.74, 6) is 0.189. The number of hydrogen-bond donors (Lipinski definition) is 2. The number of methoxy groups -OCH3 is 1. The van der Waals surface area contributed by atoms with Gasteiger partial charge >= 0.3 is 0 Å². The lowest BCUT2D eigenvalue weighted by Gasteiger charge is -2.10. The molecule has 0 atom stereocenters. The van der Waals surface area contributed by atoms with E-state index in [-0.39, 0.29) is 5.56 Å². The Hall–Kier alpha value is -2.74. The first-order valence-corrected chi connectivity index (χ1v) is 6.00. The summed E-state index contributed by atoms with van der Waals surface area (Å²) in [6.45, 7) is 0.481. The Balaban J connectivity index is 2.13. The van der Waals surface area contributed by atoms with Crippen LogP contribution in [0.3, 0.4) is 0 Å². The molecule has 0 amide bonds. The number of ether oxygens (including phenoxy) is 1. The van der Waals surface area contributed by atoms with Gasteiger partial charge in [-0.15, -0.1) is 0 Å². The van der Waals surface area contributed by atoms with E-state index in [1.165, 1.54) is 12.1 Å². The number of benzene rings is 2. The quantitative estimate of drug-likeness (QED) is 0.839. The molecule has 2 aromatic rings. The van der Waals surface area contributed by atoms with Crippen LogP contribution in [0.15, 0.2) is 36.4 Å². The van der Waals surface area contributed by atoms with E-state index in [1.54, 1.807) is 25.3 Å². The summed E-state index contributed by atoms with van der Waals surface area (Å²) >= 11 is 0. The van der Waals surface area contributed by atoms with E-state index in [2.05, 4.69) is 5.32 Å². The molecule has 0 saturated carbocycles. The van der Waals surface area contributed by atoms with E-state index < -0.39 is 5.82 Å². The highest BCUT2D eigenvalue weighted by atomic mass is 19.1. The van der Waals surface area contributed by atoms with E-state index in [9.17, 15) is 4.39 Å². The van der Waals surface area contributed by atoms with Crippen molar-refractivity contribution < 1.29 is 9.13 Å². The number of halogens is 1. The van der Waals surface area contributed by atoms with Crippen molar-refractivity contribution in [2.24, 2.45) is 0 Å². The highest BCUT2D eigenvalue weighted by molar-refractivity contribution is 5.59. The van der Waals surface area contributed by atoms with Crippen LogP contribution in [0.5, 0.6) is 5.75 Å². The molecule has 0 aromatic heterocycles. The van der Waals surface area contributed by atoms with Gasteiger partial charge in [-0.25, -0.2) is 4.39 Å². The third-order valence-corrected chi connectivity index (χ3v) is 2.88. The molecule has 3 N–H and O–H groups in total. The monoisotopic (exact) mass is 271 g/mol. The van der Waals surface area contributed by atoms with Crippen molar-refractivity contribution in [3.05, 3.63) is 53.3 Å². The van der Waals surface area contributed by atoms with Crippen LogP contribution in [-0.4, -0.2) is 7.11 Å². The van der Waals surface area contributed by atoms with Crippen molar-refractivity contribution >= 4 is 11.4 Å². The van der Waals surface area contributed by atoms with Gasteiger partial charge in [0.15, 0.2) is 0 Å². The van der Waals surface area contributed by atoms with Crippen LogP contribution in [0.2, 0.25) is 0 Å². The zero-order valence-electron chi connectivity index (χ0n) is 11.0. The molecule has 0 fully saturated rings. The minimum absolute atomic E-state index is 0.270. The molecule has 0 unspecified atom stereocenters. The highest BCUT2D eigenvalue weighted by Crippen LogP contribution is 2.23. The number of nitrogen functional groups attached to an aromatic ring is 1. The Bertz CT molecular complexity index is 665. The Morgan fingerprint density at radius 3 is 2.75 bits per heavy atom. The van der Waals surface area contributed by atoms with Gasteiger partial charge in [0.2, 0.25) is 0 Å². The third-order valence-electron chi connectivity index (χ3n) is 2.88. The molecule has 0 aliphatic rings. The van der Waals surface area contributed by atoms with E-state index in [0.29, 0.717) is 23.7 Å². The van der Waals surface area contributed by atoms with Crippen molar-refractivity contribution in [1.82, 2.24) is 0 Å². The molecule has 0 radical (unpaired) electrons. The Kier molecular flexibility index (Phi) is 4.06. The summed E-state index contributed by atoms with van der Waals surface area (Å²) in [5.41, 5.74) is 8.17. The summed E-state index contributed by atoms with van der Waals surface area (Å²) in [7, 11) is 1.56. The van der Waals surface area contributed by atoms with E-state index in [0.717, 1.165) is 5.56 Å². The Morgan fingerprint density at radius 1 is 1.30 bits per heavy atom. The summed E-state index contributed by atoms with van der Waals surface area (Å²) in [6.07, 6.45) is 0. The van der Waals surface area contributed by atoms with Gasteiger partial charge < -0.3 is 15.8 Å². The minimum Gasteiger partial charge on any atom is -0.495 e. The first kappa shape index (κ1) is 13.7. The fraction of sp³-hybridized carbons (Fsp3) is 0.133. The summed E-state index contributed by atoms with van der Waals surface area (Å²) in [5, 5.41) is 12.0. The van der Waals surface area contributed by atoms with Gasteiger partial charge in [0.25, 0.3) is 0 Å². The maximum absolute atomic E-state index is 13.0. The molecule has 0 aliphatic carbocycles. The van der Waals surface area contributed by atoms with Gasteiger partial charge in [-0.2, -0.15) is 5.26 Å². The van der Waals surface area contributed by atoms with Crippen LogP contribution in [0, 0.1) is 17.1 Å². The number of nitrogens with two attached hydrogens (primary N) is 1. The lowest BCUT2D eigenvalue weighted by atomic mass is 10.1. The second-order valence-corrected chi connectivity index (χ2v) is 4.23. The number of anilines is 2. The maximum Gasteiger partial charge on any atom is 0.141 e. The number of rotatable bonds is 4. The lowest BCUT2D eigenvalue weighted by molar-refractivity contribution is 0.417. The van der Waals surface area contributed by atoms with Crippen LogP contribution in [0.25, 0.3) is 0 Å². The van der Waals surface area contributed by atoms with Gasteiger partial charge in [-0.3, -0.25) is 0 Å². The Morgan fingerprint density at radius 2 is 2.10 bits per heavy atom. The molecule has 0 heterocycles. The van der Waals surface area contributed by atoms with Gasteiger partial charge in [-0.1, -0.05) is 6.07 Å². The van der Waals surface area contributed by atoms with Crippen molar-refractivity contribution in [2.75, 3.05) is 18.2 Å². The van der Waals surface area contributed by atoms with E-state index >= 15 is 0 Å². The van der Waals surface area contributed by atoms with Gasteiger partial charge in [-0.05, 0) is 35.9 Å². The average molecular weight is 271 g/mol. The van der Waals surface area contributed by atoms with Gasteiger partial charge in [0.1, 0.15) is 17.6 Å². The van der Waals surface area contributed by atoms with Crippen molar-refractivity contribution in [3.63, 3.8) is 0 Å². The second kappa shape index (κ2) is 5.93. The zero-order chi connectivity index (χ0) is 14.5. The standard InChI is InChI=1S/C15H14FN3O/c1-20-15-5-2-10(6-13(15)18)9-19-14-4-3-12(16)7-11(14)8-17/h2-7,19H,9,18H2,1H3. The molecule has 0 bridgehead atoms. The molecule has 0 saturated heterocycles. The fourth-order valence-corrected chi connectivity index (χ4v) is 1.85. The number of nitriles is 1. The molecule has 5 heteroatoms. The van der Waals surface area contributed by atoms with Crippen LogP contribution < -0.4 is 15.8 Å². The number of nitrogens with one attached hydrogen (secondary N) is 1. The highest BCUT2D eigenvalue weighted by Gasteiger charge is 2.05. The maximum atomic E-state index is 13.0. The number of nitrogens with zero attached hydrogens (tertiary/aromatic N) is 1. The molecular weight excluding hydrogens is 257 g/mol. The van der Waals surface area contributed by atoms with E-state index in [1.807, 2.05) is 12.1 Å². The third kappa shape index (κ3) is 2.98. The lowest BCUT2D eigenvalue weighted by Crippen LogP contribution is -2.03. The summed E-state index contributed by atoms with van der Waals surface area (Å²) in [4.78, 5) is 0. The molecular formula is C15H14FN3O. The van der Waals surface area contributed by atoms with Crippen molar-refractivity contribution in [3.8, 4) is 11.8 Å². The molecule has 0 spiro atoms. The SMILES string of the molecule is COc1ccc(CNc2ccc(F)cc2C#N)cc1N. The summed E-state index contributed by atoms with van der Waals surface area (Å²) < 4.78 is 18.1. The first-order valence-electron chi connectivity index (χ1n) is 6.00. The normalized spacial score (nSPS) is 9.85. The molecule has 4 nitrogen and oxygen atoms in total. The van der Waals surface area contributed by atoms with E-state index in [4.69, 9.17) is 15.7 Å². The first-order chi connectivity index (χ1) is 9.63. The largest absolute Gasteiger partial charge is 0.495 e. The van der Waals surface area contributed by atoms with Crippen molar-refractivity contribution in [1.29, 1.82) is 5.26 Å². The van der Waals surface area contributed by atoms with Crippen LogP contribution >= 0.6 is 0 Å². The predicted molar refractivity (Wildman–Crippen MR) is 75.8 cm³/mol. The average Bonchev–Trinajstić information content (AvgIpc) is 2.46. The molecule has 2 rings (SSSR count). The molecule has 102 valence electrons. The smallest absolute Gasteiger partial charge is 0.141 e. The summed E-state index contributed by atoms with van der Waals surface area (Å²) in [6, 6.07) is 11.5. The number of hydrogen-bond acceptors (Lipinski definition) is 4. The van der Waals surface area contributed by atoms with Gasteiger partial charge in [0.05, 0.1) is 24.0 Å². The Labute approximate surface area is 116 Å². The van der Waals surface area contributed by atoms with Crippen LogP contribution in [0.1, 0.15) is 11.1 Å². The second-order valence-electron chi connectivity index (χ2n) is 4.23.